The van der Waals surface area contributed by atoms with E-state index in [9.17, 15) is 13.2 Å². The molecule has 1 aliphatic rings. The lowest BCUT2D eigenvalue weighted by molar-refractivity contribution is -0.137. The van der Waals surface area contributed by atoms with Gasteiger partial charge in [-0.25, -0.2) is 8.42 Å². The van der Waals surface area contributed by atoms with Gasteiger partial charge in [-0.05, 0) is 61.4 Å². The molecule has 1 aliphatic heterocycles. The van der Waals surface area contributed by atoms with Gasteiger partial charge in [-0.1, -0.05) is 0 Å². The highest BCUT2D eigenvalue weighted by Gasteiger charge is 2.37. The quantitative estimate of drug-likeness (QED) is 0.725. The van der Waals surface area contributed by atoms with E-state index in [4.69, 9.17) is 14.6 Å². The van der Waals surface area contributed by atoms with Gasteiger partial charge in [0.05, 0.1) is 24.3 Å². The Labute approximate surface area is 164 Å². The Bertz CT molecular complexity index is 955. The highest BCUT2D eigenvalue weighted by atomic mass is 32.2. The van der Waals surface area contributed by atoms with E-state index < -0.39 is 16.0 Å². The molecule has 1 N–H and O–H groups in total. The van der Waals surface area contributed by atoms with E-state index in [1.54, 1.807) is 24.3 Å². The Morgan fingerprint density at radius 3 is 2.46 bits per heavy atom. The van der Waals surface area contributed by atoms with Crippen LogP contribution in [0.4, 0.5) is 5.69 Å². The minimum atomic E-state index is -3.78. The fourth-order valence-corrected chi connectivity index (χ4v) is 4.92. The van der Waals surface area contributed by atoms with Gasteiger partial charge >= 0.3 is 5.97 Å². The summed E-state index contributed by atoms with van der Waals surface area (Å²) in [6, 6.07) is 11.5. The lowest BCUT2D eigenvalue weighted by atomic mass is 9.96. The molecule has 1 atom stereocenters. The highest BCUT2D eigenvalue weighted by Crippen LogP contribution is 2.43. The van der Waals surface area contributed by atoms with E-state index >= 15 is 0 Å². The highest BCUT2D eigenvalue weighted by molar-refractivity contribution is 7.92. The molecule has 0 spiro atoms. The third-order valence-corrected chi connectivity index (χ3v) is 6.55. The molecule has 1 heterocycles. The molecule has 150 valence electrons. The van der Waals surface area contributed by atoms with E-state index in [1.807, 2.05) is 13.0 Å². The van der Waals surface area contributed by atoms with Gasteiger partial charge in [0.25, 0.3) is 10.0 Å². The summed E-state index contributed by atoms with van der Waals surface area (Å²) in [7, 11) is -2.27. The Morgan fingerprint density at radius 2 is 1.86 bits per heavy atom. The van der Waals surface area contributed by atoms with Crippen LogP contribution in [-0.2, 0) is 14.8 Å². The molecule has 28 heavy (non-hydrogen) atoms. The van der Waals surface area contributed by atoms with Crippen LogP contribution in [0.5, 0.6) is 11.5 Å². The van der Waals surface area contributed by atoms with Crippen LogP contribution in [0.2, 0.25) is 0 Å². The second-order valence-electron chi connectivity index (χ2n) is 6.49. The second kappa shape index (κ2) is 8.10. The summed E-state index contributed by atoms with van der Waals surface area (Å²) in [5.74, 6) is 0.102. The van der Waals surface area contributed by atoms with Gasteiger partial charge in [0.2, 0.25) is 0 Å². The Balaban J connectivity index is 1.98. The molecule has 3 rings (SSSR count). The van der Waals surface area contributed by atoms with Crippen molar-refractivity contribution in [2.75, 3.05) is 24.6 Å². The van der Waals surface area contributed by atoms with Crippen molar-refractivity contribution >= 4 is 21.7 Å². The first-order valence-electron chi connectivity index (χ1n) is 9.02. The molecular weight excluding hydrogens is 382 g/mol. The number of hydrogen-bond acceptors (Lipinski definition) is 5. The number of benzene rings is 2. The van der Waals surface area contributed by atoms with E-state index in [-0.39, 0.29) is 23.8 Å². The molecule has 0 radical (unpaired) electrons. The zero-order valence-corrected chi connectivity index (χ0v) is 16.6. The van der Waals surface area contributed by atoms with Crippen molar-refractivity contribution in [3.63, 3.8) is 0 Å². The number of carboxylic acids is 1. The molecule has 0 saturated carbocycles. The average Bonchev–Trinajstić information content (AvgIpc) is 3.05. The minimum absolute atomic E-state index is 0.0284. The van der Waals surface area contributed by atoms with E-state index in [2.05, 4.69) is 0 Å². The maximum absolute atomic E-state index is 13.2. The molecule has 2 aromatic rings. The first-order chi connectivity index (χ1) is 13.4. The first-order valence-corrected chi connectivity index (χ1v) is 10.5. The lowest BCUT2D eigenvalue weighted by Gasteiger charge is -2.20. The van der Waals surface area contributed by atoms with E-state index in [1.165, 1.54) is 23.5 Å². The van der Waals surface area contributed by atoms with Gasteiger partial charge in [-0.2, -0.15) is 0 Å². The summed E-state index contributed by atoms with van der Waals surface area (Å²) in [6.45, 7) is 2.56. The summed E-state index contributed by atoms with van der Waals surface area (Å²) in [4.78, 5) is 11.2. The summed E-state index contributed by atoms with van der Waals surface area (Å²) in [5.41, 5.74) is 1.36. The van der Waals surface area contributed by atoms with Crippen molar-refractivity contribution in [2.24, 2.45) is 0 Å². The predicted molar refractivity (Wildman–Crippen MR) is 105 cm³/mol. The fourth-order valence-electron chi connectivity index (χ4n) is 3.39. The molecule has 0 amide bonds. The van der Waals surface area contributed by atoms with Crippen LogP contribution in [-0.4, -0.2) is 39.8 Å². The van der Waals surface area contributed by atoms with Gasteiger partial charge in [-0.15, -0.1) is 0 Å². The van der Waals surface area contributed by atoms with Gasteiger partial charge < -0.3 is 14.6 Å². The predicted octanol–water partition coefficient (Wildman–Crippen LogP) is 3.25. The van der Waals surface area contributed by atoms with Crippen molar-refractivity contribution in [1.29, 1.82) is 0 Å². The van der Waals surface area contributed by atoms with Crippen molar-refractivity contribution in [1.82, 2.24) is 0 Å². The third-order valence-electron chi connectivity index (χ3n) is 4.76. The molecule has 2 aromatic carbocycles. The number of aliphatic carboxylic acids is 1. The van der Waals surface area contributed by atoms with Crippen LogP contribution in [0.1, 0.15) is 31.2 Å². The topological polar surface area (TPSA) is 93.1 Å². The first kappa shape index (κ1) is 20.0. The van der Waals surface area contributed by atoms with Gasteiger partial charge in [0.15, 0.2) is 0 Å². The van der Waals surface area contributed by atoms with Crippen LogP contribution in [0, 0.1) is 0 Å². The number of ether oxygens (including phenoxy) is 2. The molecule has 8 heteroatoms. The molecule has 0 bridgehead atoms. The average molecular weight is 405 g/mol. The number of rotatable bonds is 8. The number of fused-ring (bicyclic) bond motifs is 1. The second-order valence-corrected chi connectivity index (χ2v) is 8.36. The van der Waals surface area contributed by atoms with Crippen LogP contribution < -0.4 is 13.8 Å². The van der Waals surface area contributed by atoms with Crippen molar-refractivity contribution in [3.8, 4) is 11.5 Å². The van der Waals surface area contributed by atoms with Crippen LogP contribution in [0.25, 0.3) is 0 Å². The number of carbonyl (C=O) groups is 1. The molecule has 0 aromatic heterocycles. The summed E-state index contributed by atoms with van der Waals surface area (Å²) in [6.07, 6.45) is 0.325. The van der Waals surface area contributed by atoms with Crippen LogP contribution in [0.3, 0.4) is 0 Å². The fraction of sp³-hybridized carbons (Fsp3) is 0.350. The molecule has 7 nitrogen and oxygen atoms in total. The Kier molecular flexibility index (Phi) is 5.79. The maximum Gasteiger partial charge on any atom is 0.303 e. The van der Waals surface area contributed by atoms with Gasteiger partial charge in [0.1, 0.15) is 11.5 Å². The Morgan fingerprint density at radius 1 is 1.18 bits per heavy atom. The third kappa shape index (κ3) is 3.91. The number of sulfonamides is 1. The van der Waals surface area contributed by atoms with E-state index in [0.717, 1.165) is 5.56 Å². The van der Waals surface area contributed by atoms with Crippen molar-refractivity contribution < 1.29 is 27.8 Å². The molecule has 0 fully saturated rings. The summed E-state index contributed by atoms with van der Waals surface area (Å²) < 4.78 is 38.4. The van der Waals surface area contributed by atoms with Crippen molar-refractivity contribution in [3.05, 3.63) is 48.0 Å². The number of nitrogens with zero attached hydrogens (tertiary/aromatic N) is 1. The molecule has 0 saturated heterocycles. The largest absolute Gasteiger partial charge is 0.497 e. The van der Waals surface area contributed by atoms with Crippen molar-refractivity contribution in [2.45, 2.75) is 30.6 Å². The number of hydrogen-bond donors (Lipinski definition) is 1. The lowest BCUT2D eigenvalue weighted by Crippen LogP contribution is -2.30. The van der Waals surface area contributed by atoms with Crippen LogP contribution >= 0.6 is 0 Å². The standard InChI is InChI=1S/C20H23NO6S/c1-3-27-16-7-10-19-18(12-16)14(4-11-20(22)23)13-21(19)28(24,25)17-8-5-15(26-2)6-9-17/h5-10,12,14H,3-4,11,13H2,1-2H3,(H,22,23). The maximum atomic E-state index is 13.2. The number of carboxylic acid groups (broad SMARTS) is 1. The van der Waals surface area contributed by atoms with Crippen LogP contribution in [0.15, 0.2) is 47.4 Å². The molecule has 1 unspecified atom stereocenters. The zero-order chi connectivity index (χ0) is 20.3. The smallest absolute Gasteiger partial charge is 0.303 e. The number of anilines is 1. The summed E-state index contributed by atoms with van der Waals surface area (Å²) >= 11 is 0. The number of methoxy groups -OCH3 is 1. The van der Waals surface area contributed by atoms with Gasteiger partial charge in [-0.3, -0.25) is 9.10 Å². The molecule has 0 aliphatic carbocycles. The van der Waals surface area contributed by atoms with E-state index in [0.29, 0.717) is 30.2 Å². The minimum Gasteiger partial charge on any atom is -0.497 e. The normalized spacial score (nSPS) is 15.9. The summed E-state index contributed by atoms with van der Waals surface area (Å²) in [5, 5.41) is 9.05. The monoisotopic (exact) mass is 405 g/mol. The van der Waals surface area contributed by atoms with Gasteiger partial charge in [0, 0.05) is 18.9 Å². The SMILES string of the molecule is CCOc1ccc2c(c1)C(CCC(=O)O)CN2S(=O)(=O)c1ccc(OC)cc1. The zero-order valence-electron chi connectivity index (χ0n) is 15.8. The molecular formula is C20H23NO6S. The Hall–Kier alpha value is -2.74.